The van der Waals surface area contributed by atoms with Crippen LogP contribution in [-0.2, 0) is 6.54 Å². The van der Waals surface area contributed by atoms with E-state index >= 15 is 0 Å². The molecule has 5 nitrogen and oxygen atoms in total. The topological polar surface area (TPSA) is 34.1 Å². The molecular formula is C15H26BrN5S. The number of guanidine groups is 1. The van der Waals surface area contributed by atoms with Crippen LogP contribution in [0.5, 0.6) is 0 Å². The van der Waals surface area contributed by atoms with Crippen molar-refractivity contribution in [1.29, 1.82) is 0 Å². The number of aliphatic imine (C=N–C) groups is 1. The molecule has 1 fully saturated rings. The van der Waals surface area contributed by atoms with Gasteiger partial charge in [-0.3, -0.25) is 9.89 Å². The van der Waals surface area contributed by atoms with Crippen LogP contribution in [0.15, 0.2) is 20.9 Å². The third kappa shape index (κ3) is 4.94. The number of likely N-dealkylation sites (N-methyl/N-ethyl adjacent to an activating group) is 2. The molecule has 0 spiro atoms. The summed E-state index contributed by atoms with van der Waals surface area (Å²) in [4.78, 5) is 12.7. The zero-order valence-electron chi connectivity index (χ0n) is 13.8. The maximum atomic E-state index is 4.41. The Kier molecular flexibility index (Phi) is 6.67. The van der Waals surface area contributed by atoms with Crippen molar-refractivity contribution in [3.05, 3.63) is 20.8 Å². The molecule has 0 amide bonds. The van der Waals surface area contributed by atoms with Gasteiger partial charge < -0.3 is 15.1 Å². The summed E-state index contributed by atoms with van der Waals surface area (Å²) in [5, 5.41) is 3.52. The Labute approximate surface area is 146 Å². The number of thiophene rings is 1. The summed E-state index contributed by atoms with van der Waals surface area (Å²) in [6.45, 7) is 5.17. The van der Waals surface area contributed by atoms with Crippen LogP contribution >= 0.6 is 27.3 Å². The first kappa shape index (κ1) is 17.7. The highest BCUT2D eigenvalue weighted by Crippen LogP contribution is 2.22. The summed E-state index contributed by atoms with van der Waals surface area (Å²) in [6, 6.07) is 4.78. The number of hydrogen-bond donors (Lipinski definition) is 1. The Morgan fingerprint density at radius 3 is 2.86 bits per heavy atom. The molecule has 1 aromatic heterocycles. The van der Waals surface area contributed by atoms with E-state index in [1.165, 1.54) is 8.66 Å². The van der Waals surface area contributed by atoms with Crippen LogP contribution in [0.25, 0.3) is 0 Å². The molecule has 1 unspecified atom stereocenters. The van der Waals surface area contributed by atoms with Gasteiger partial charge in [0.05, 0.1) is 10.3 Å². The molecule has 1 aliphatic heterocycles. The molecule has 0 aromatic carbocycles. The molecule has 1 saturated heterocycles. The Morgan fingerprint density at radius 1 is 1.45 bits per heavy atom. The molecule has 1 aliphatic rings. The first-order chi connectivity index (χ1) is 10.5. The fourth-order valence-electron chi connectivity index (χ4n) is 2.66. The molecule has 0 radical (unpaired) electrons. The molecule has 0 bridgehead atoms. The standard InChI is InChI=1S/C15H26BrN5S/c1-17-15(21(4)11-13-5-6-14(16)22-13)18-9-12-10-19(2)7-8-20(12)3/h5-6,12H,7-11H2,1-4H3,(H,17,18). The summed E-state index contributed by atoms with van der Waals surface area (Å²) in [5.74, 6) is 0.950. The van der Waals surface area contributed by atoms with Crippen LogP contribution in [0.2, 0.25) is 0 Å². The van der Waals surface area contributed by atoms with E-state index in [-0.39, 0.29) is 0 Å². The maximum Gasteiger partial charge on any atom is 0.193 e. The summed E-state index contributed by atoms with van der Waals surface area (Å²) in [6.07, 6.45) is 0. The third-order valence-electron chi connectivity index (χ3n) is 4.07. The van der Waals surface area contributed by atoms with Crippen molar-refractivity contribution in [2.75, 3.05) is 54.4 Å². The number of nitrogens with zero attached hydrogens (tertiary/aromatic N) is 4. The number of hydrogen-bond acceptors (Lipinski definition) is 4. The number of nitrogens with one attached hydrogen (secondary N) is 1. The fourth-order valence-corrected chi connectivity index (χ4v) is 4.20. The lowest BCUT2D eigenvalue weighted by atomic mass is 10.2. The second-order valence-corrected chi connectivity index (χ2v) is 8.43. The van der Waals surface area contributed by atoms with E-state index in [9.17, 15) is 0 Å². The molecular weight excluding hydrogens is 362 g/mol. The molecule has 1 aromatic rings. The van der Waals surface area contributed by atoms with Crippen LogP contribution in [0.3, 0.4) is 0 Å². The highest BCUT2D eigenvalue weighted by atomic mass is 79.9. The van der Waals surface area contributed by atoms with Crippen molar-refractivity contribution in [2.24, 2.45) is 4.99 Å². The largest absolute Gasteiger partial charge is 0.355 e. The molecule has 2 heterocycles. The molecule has 2 rings (SSSR count). The summed E-state index contributed by atoms with van der Waals surface area (Å²) in [7, 11) is 8.32. The maximum absolute atomic E-state index is 4.41. The van der Waals surface area contributed by atoms with Gasteiger partial charge in [-0.15, -0.1) is 11.3 Å². The van der Waals surface area contributed by atoms with Gasteiger partial charge in [-0.05, 0) is 42.2 Å². The summed E-state index contributed by atoms with van der Waals surface area (Å²) < 4.78 is 1.17. The highest BCUT2D eigenvalue weighted by Gasteiger charge is 2.22. The van der Waals surface area contributed by atoms with Gasteiger partial charge in [0, 0.05) is 51.2 Å². The SMILES string of the molecule is CN=C(NCC1CN(C)CCN1C)N(C)Cc1ccc(Br)s1. The van der Waals surface area contributed by atoms with Crippen molar-refractivity contribution in [1.82, 2.24) is 20.0 Å². The van der Waals surface area contributed by atoms with Crippen molar-refractivity contribution >= 4 is 33.2 Å². The minimum absolute atomic E-state index is 0.528. The van der Waals surface area contributed by atoms with E-state index in [2.05, 4.69) is 74.2 Å². The Balaban J connectivity index is 1.86. The number of rotatable bonds is 4. The second kappa shape index (κ2) is 8.29. The quantitative estimate of drug-likeness (QED) is 0.630. The van der Waals surface area contributed by atoms with Crippen LogP contribution in [0.4, 0.5) is 0 Å². The zero-order valence-corrected chi connectivity index (χ0v) is 16.2. The van der Waals surface area contributed by atoms with Crippen LogP contribution in [0.1, 0.15) is 4.88 Å². The smallest absolute Gasteiger partial charge is 0.193 e. The van der Waals surface area contributed by atoms with Gasteiger partial charge in [0.25, 0.3) is 0 Å². The number of piperazine rings is 1. The lowest BCUT2D eigenvalue weighted by molar-refractivity contribution is 0.116. The van der Waals surface area contributed by atoms with Crippen molar-refractivity contribution in [3.63, 3.8) is 0 Å². The molecule has 0 saturated carbocycles. The van der Waals surface area contributed by atoms with E-state index in [4.69, 9.17) is 0 Å². The van der Waals surface area contributed by atoms with E-state index in [0.29, 0.717) is 6.04 Å². The lowest BCUT2D eigenvalue weighted by Crippen LogP contribution is -2.55. The average molecular weight is 388 g/mol. The Morgan fingerprint density at radius 2 is 2.23 bits per heavy atom. The molecule has 1 atom stereocenters. The summed E-state index contributed by atoms with van der Waals surface area (Å²) >= 11 is 5.28. The van der Waals surface area contributed by atoms with Crippen molar-refractivity contribution in [2.45, 2.75) is 12.6 Å². The van der Waals surface area contributed by atoms with Gasteiger partial charge in [-0.1, -0.05) is 0 Å². The van der Waals surface area contributed by atoms with Gasteiger partial charge in [-0.2, -0.15) is 0 Å². The highest BCUT2D eigenvalue weighted by molar-refractivity contribution is 9.11. The van der Waals surface area contributed by atoms with Gasteiger partial charge >= 0.3 is 0 Å². The van der Waals surface area contributed by atoms with Crippen LogP contribution in [0, 0.1) is 0 Å². The summed E-state index contributed by atoms with van der Waals surface area (Å²) in [5.41, 5.74) is 0. The predicted octanol–water partition coefficient (Wildman–Crippen LogP) is 1.76. The molecule has 1 N–H and O–H groups in total. The molecule has 7 heteroatoms. The molecule has 0 aliphatic carbocycles. The van der Waals surface area contributed by atoms with E-state index in [1.54, 1.807) is 11.3 Å². The minimum Gasteiger partial charge on any atom is -0.355 e. The van der Waals surface area contributed by atoms with Crippen LogP contribution in [-0.4, -0.2) is 81.1 Å². The Bertz CT molecular complexity index is 504. The van der Waals surface area contributed by atoms with Gasteiger partial charge in [-0.25, -0.2) is 0 Å². The van der Waals surface area contributed by atoms with E-state index < -0.39 is 0 Å². The predicted molar refractivity (Wildman–Crippen MR) is 98.8 cm³/mol. The first-order valence-electron chi connectivity index (χ1n) is 7.54. The van der Waals surface area contributed by atoms with Gasteiger partial charge in [0.2, 0.25) is 0 Å². The number of halogens is 1. The minimum atomic E-state index is 0.528. The fraction of sp³-hybridized carbons (Fsp3) is 0.667. The second-order valence-electron chi connectivity index (χ2n) is 5.89. The zero-order chi connectivity index (χ0) is 16.1. The normalized spacial score (nSPS) is 21.1. The molecule has 22 heavy (non-hydrogen) atoms. The lowest BCUT2D eigenvalue weighted by Gasteiger charge is -2.38. The van der Waals surface area contributed by atoms with Crippen LogP contribution < -0.4 is 5.32 Å². The first-order valence-corrected chi connectivity index (χ1v) is 9.15. The average Bonchev–Trinajstić information content (AvgIpc) is 2.88. The monoisotopic (exact) mass is 387 g/mol. The van der Waals surface area contributed by atoms with Gasteiger partial charge in [0.1, 0.15) is 0 Å². The van der Waals surface area contributed by atoms with Gasteiger partial charge in [0.15, 0.2) is 5.96 Å². The van der Waals surface area contributed by atoms with E-state index in [1.807, 2.05) is 7.05 Å². The van der Waals surface area contributed by atoms with Crippen molar-refractivity contribution < 1.29 is 0 Å². The van der Waals surface area contributed by atoms with Crippen molar-refractivity contribution in [3.8, 4) is 0 Å². The third-order valence-corrected chi connectivity index (χ3v) is 5.68. The Hall–Kier alpha value is -0.630. The molecule has 124 valence electrons. The van der Waals surface area contributed by atoms with E-state index in [0.717, 1.165) is 38.7 Å².